The molecule has 6 nitrogen and oxygen atoms in total. The molecular weight excluding hydrogens is 889 g/mol. The summed E-state index contributed by atoms with van der Waals surface area (Å²) in [6.07, 6.45) is 80.7. The molecule has 0 N–H and O–H groups in total. The zero-order valence-electron chi connectivity index (χ0n) is 46.9. The Morgan fingerprint density at radius 2 is 0.556 bits per heavy atom. The van der Waals surface area contributed by atoms with Crippen molar-refractivity contribution in [2.24, 2.45) is 0 Å². The number of carbonyl (C=O) groups is 3. The Morgan fingerprint density at radius 3 is 0.889 bits per heavy atom. The molecule has 72 heavy (non-hydrogen) atoms. The van der Waals surface area contributed by atoms with Gasteiger partial charge in [0.2, 0.25) is 0 Å². The Labute approximate surface area is 444 Å². The summed E-state index contributed by atoms with van der Waals surface area (Å²) >= 11 is 0. The van der Waals surface area contributed by atoms with Gasteiger partial charge < -0.3 is 14.2 Å². The van der Waals surface area contributed by atoms with Crippen LogP contribution in [-0.2, 0) is 28.6 Å². The lowest BCUT2D eigenvalue weighted by Gasteiger charge is -2.18. The zero-order valence-corrected chi connectivity index (χ0v) is 46.9. The number of hydrogen-bond donors (Lipinski definition) is 0. The topological polar surface area (TPSA) is 78.9 Å². The first kappa shape index (κ1) is 68.1. The van der Waals surface area contributed by atoms with E-state index in [-0.39, 0.29) is 31.1 Å². The van der Waals surface area contributed by atoms with Crippen LogP contribution in [0.3, 0.4) is 0 Å². The quantitative estimate of drug-likeness (QED) is 0.0261. The lowest BCUT2D eigenvalue weighted by atomic mass is 10.1. The van der Waals surface area contributed by atoms with Gasteiger partial charge in [0, 0.05) is 19.3 Å². The molecule has 0 saturated carbocycles. The molecular formula is C66H110O6. The van der Waals surface area contributed by atoms with Crippen molar-refractivity contribution in [2.45, 2.75) is 277 Å². The summed E-state index contributed by atoms with van der Waals surface area (Å²) in [6.45, 7) is 6.45. The lowest BCUT2D eigenvalue weighted by molar-refractivity contribution is -0.167. The van der Waals surface area contributed by atoms with Gasteiger partial charge in [-0.2, -0.15) is 0 Å². The maximum Gasteiger partial charge on any atom is 0.306 e. The minimum absolute atomic E-state index is 0.0969. The monoisotopic (exact) mass is 999 g/mol. The molecule has 1 unspecified atom stereocenters. The fourth-order valence-corrected chi connectivity index (χ4v) is 7.99. The second kappa shape index (κ2) is 59.6. The molecule has 0 radical (unpaired) electrons. The lowest BCUT2D eigenvalue weighted by Crippen LogP contribution is -2.30. The number of rotatable bonds is 53. The Hall–Kier alpha value is -3.93. The normalized spacial score (nSPS) is 12.9. The highest BCUT2D eigenvalue weighted by Gasteiger charge is 2.19. The molecule has 0 aromatic rings. The van der Waals surface area contributed by atoms with Crippen molar-refractivity contribution < 1.29 is 28.6 Å². The largest absolute Gasteiger partial charge is 0.462 e. The van der Waals surface area contributed by atoms with Gasteiger partial charge in [0.05, 0.1) is 0 Å². The number of esters is 3. The minimum atomic E-state index is -0.800. The molecule has 0 aliphatic rings. The molecule has 0 aliphatic carbocycles. The maximum atomic E-state index is 12.9. The molecule has 0 rings (SSSR count). The summed E-state index contributed by atoms with van der Waals surface area (Å²) in [5.74, 6) is -0.934. The van der Waals surface area contributed by atoms with Crippen LogP contribution >= 0.6 is 0 Å². The first-order valence-corrected chi connectivity index (χ1v) is 29.9. The molecule has 0 bridgehead atoms. The van der Waals surface area contributed by atoms with Crippen LogP contribution in [0, 0.1) is 0 Å². The second-order valence-electron chi connectivity index (χ2n) is 19.5. The van der Waals surface area contributed by atoms with E-state index in [0.29, 0.717) is 19.3 Å². The third-order valence-corrected chi connectivity index (χ3v) is 12.5. The number of carbonyl (C=O) groups excluding carboxylic acids is 3. The van der Waals surface area contributed by atoms with Gasteiger partial charge in [-0.25, -0.2) is 0 Å². The number of allylic oxidation sites excluding steroid dienone is 18. The van der Waals surface area contributed by atoms with Crippen molar-refractivity contribution in [1.29, 1.82) is 0 Å². The molecule has 0 aromatic heterocycles. The van der Waals surface area contributed by atoms with Gasteiger partial charge >= 0.3 is 17.9 Å². The van der Waals surface area contributed by atoms with Gasteiger partial charge in [0.1, 0.15) is 13.2 Å². The van der Waals surface area contributed by atoms with Gasteiger partial charge in [-0.1, -0.05) is 239 Å². The number of unbranched alkanes of at least 4 members (excludes halogenated alkanes) is 24. The average Bonchev–Trinajstić information content (AvgIpc) is 3.38. The van der Waals surface area contributed by atoms with E-state index < -0.39 is 6.10 Å². The SMILES string of the molecule is CC/C=C\C/C=C\C/C=C\C/C=C\CCCCCCCCC(=O)OC(COC(=O)CCCCCCC/C=C\C/C=C\CCCC)COC(=O)CCCCCCCC/C=C\C/C=C\C/C=C\CCCCCCC. The Bertz CT molecular complexity index is 1470. The molecule has 0 saturated heterocycles. The Kier molecular flexibility index (Phi) is 56.4. The van der Waals surface area contributed by atoms with Crippen LogP contribution in [0.1, 0.15) is 271 Å². The average molecular weight is 1000 g/mol. The van der Waals surface area contributed by atoms with Gasteiger partial charge in [-0.15, -0.1) is 0 Å². The fraction of sp³-hybridized carbons (Fsp3) is 0.682. The molecule has 0 amide bonds. The van der Waals surface area contributed by atoms with E-state index in [1.54, 1.807) is 0 Å². The van der Waals surface area contributed by atoms with Crippen LogP contribution in [0.2, 0.25) is 0 Å². The van der Waals surface area contributed by atoms with Crippen LogP contribution in [0.15, 0.2) is 109 Å². The number of ether oxygens (including phenoxy) is 3. The van der Waals surface area contributed by atoms with E-state index in [1.165, 1.54) is 89.9 Å². The van der Waals surface area contributed by atoms with Gasteiger partial charge in [-0.3, -0.25) is 14.4 Å². The molecule has 0 heterocycles. The molecule has 6 heteroatoms. The molecule has 0 aliphatic heterocycles. The fourth-order valence-electron chi connectivity index (χ4n) is 7.99. The van der Waals surface area contributed by atoms with E-state index in [9.17, 15) is 14.4 Å². The van der Waals surface area contributed by atoms with Crippen molar-refractivity contribution in [1.82, 2.24) is 0 Å². The third kappa shape index (κ3) is 57.0. The van der Waals surface area contributed by atoms with Crippen molar-refractivity contribution in [3.05, 3.63) is 109 Å². The standard InChI is InChI=1S/C66H110O6/c1-4-7-10-13-16-19-22-25-28-30-32-33-35-36-38-41-44-47-50-53-56-59-65(68)71-62-63(61-70-64(67)58-55-52-49-46-43-40-27-24-21-18-15-12-9-6-3)72-66(69)60-57-54-51-48-45-42-39-37-34-31-29-26-23-20-17-14-11-8-5-2/h8,11,15,17-18,20,22,24-27,29-30,32,34-37,63H,4-7,9-10,12-14,16,19,21,23,28,31,33,38-62H2,1-3H3/b11-8-,18-15-,20-17-,25-22-,27-24-,29-26-,32-30-,36-35-,37-34-. The van der Waals surface area contributed by atoms with Crippen LogP contribution in [0.4, 0.5) is 0 Å². The van der Waals surface area contributed by atoms with Crippen molar-refractivity contribution in [2.75, 3.05) is 13.2 Å². The highest BCUT2D eigenvalue weighted by atomic mass is 16.6. The Morgan fingerprint density at radius 1 is 0.292 bits per heavy atom. The van der Waals surface area contributed by atoms with E-state index >= 15 is 0 Å². The summed E-state index contributed by atoms with van der Waals surface area (Å²) in [5.41, 5.74) is 0. The Balaban J connectivity index is 4.45. The molecule has 410 valence electrons. The van der Waals surface area contributed by atoms with Crippen LogP contribution in [-0.4, -0.2) is 37.2 Å². The summed E-state index contributed by atoms with van der Waals surface area (Å²) in [7, 11) is 0. The van der Waals surface area contributed by atoms with Gasteiger partial charge in [0.15, 0.2) is 6.10 Å². The maximum absolute atomic E-state index is 12.9. The van der Waals surface area contributed by atoms with Crippen LogP contribution in [0.5, 0.6) is 0 Å². The van der Waals surface area contributed by atoms with E-state index in [4.69, 9.17) is 14.2 Å². The first-order valence-electron chi connectivity index (χ1n) is 29.9. The predicted octanol–water partition coefficient (Wildman–Crippen LogP) is 20.3. The van der Waals surface area contributed by atoms with Crippen molar-refractivity contribution >= 4 is 17.9 Å². The summed E-state index contributed by atoms with van der Waals surface area (Å²) < 4.78 is 16.9. The van der Waals surface area contributed by atoms with Crippen molar-refractivity contribution in [3.8, 4) is 0 Å². The highest BCUT2D eigenvalue weighted by Crippen LogP contribution is 2.14. The molecule has 0 fully saturated rings. The minimum Gasteiger partial charge on any atom is -0.462 e. The first-order chi connectivity index (χ1) is 35.5. The predicted molar refractivity (Wildman–Crippen MR) is 311 cm³/mol. The molecule has 0 aromatic carbocycles. The van der Waals surface area contributed by atoms with Crippen molar-refractivity contribution in [3.63, 3.8) is 0 Å². The summed E-state index contributed by atoms with van der Waals surface area (Å²) in [6, 6.07) is 0. The zero-order chi connectivity index (χ0) is 52.2. The van der Waals surface area contributed by atoms with Gasteiger partial charge in [0.25, 0.3) is 0 Å². The highest BCUT2D eigenvalue weighted by molar-refractivity contribution is 5.71. The molecule has 1 atom stereocenters. The summed E-state index contributed by atoms with van der Waals surface area (Å²) in [5, 5.41) is 0. The van der Waals surface area contributed by atoms with Crippen LogP contribution < -0.4 is 0 Å². The van der Waals surface area contributed by atoms with Gasteiger partial charge in [-0.05, 0) is 122 Å². The van der Waals surface area contributed by atoms with E-state index in [1.807, 2.05) is 0 Å². The third-order valence-electron chi connectivity index (χ3n) is 12.5. The van der Waals surface area contributed by atoms with Crippen LogP contribution in [0.25, 0.3) is 0 Å². The molecule has 0 spiro atoms. The smallest absolute Gasteiger partial charge is 0.306 e. The van der Waals surface area contributed by atoms with E-state index in [2.05, 4.69) is 130 Å². The summed E-state index contributed by atoms with van der Waals surface area (Å²) in [4.78, 5) is 38.2. The second-order valence-corrected chi connectivity index (χ2v) is 19.5. The van der Waals surface area contributed by atoms with E-state index in [0.717, 1.165) is 141 Å². The number of hydrogen-bond acceptors (Lipinski definition) is 6.